The highest BCUT2D eigenvalue weighted by Crippen LogP contribution is 2.30. The van der Waals surface area contributed by atoms with E-state index in [1.54, 1.807) is 0 Å². The van der Waals surface area contributed by atoms with Gasteiger partial charge in [-0.15, -0.1) is 0 Å². The molecule has 2 aromatic rings. The molecule has 3 rings (SSSR count). The highest BCUT2D eigenvalue weighted by Gasteiger charge is 2.15. The number of morpholine rings is 1. The number of halogens is 1. The predicted molar refractivity (Wildman–Crippen MR) is 107 cm³/mol. The lowest BCUT2D eigenvalue weighted by molar-refractivity contribution is -0.118. The minimum atomic E-state index is -0.183. The summed E-state index contributed by atoms with van der Waals surface area (Å²) in [6, 6.07) is 11.7. The van der Waals surface area contributed by atoms with Gasteiger partial charge in [0.25, 0.3) is 5.91 Å². The average Bonchev–Trinajstić information content (AvgIpc) is 2.64. The number of nitrogens with one attached hydrogen (secondary N) is 1. The number of amides is 1. The summed E-state index contributed by atoms with van der Waals surface area (Å²) < 4.78 is 12.0. The van der Waals surface area contributed by atoms with Gasteiger partial charge in [-0.2, -0.15) is 0 Å². The Morgan fingerprint density at radius 2 is 2.00 bits per heavy atom. The van der Waals surface area contributed by atoms with E-state index in [9.17, 15) is 4.79 Å². The molecule has 1 saturated heterocycles. The van der Waals surface area contributed by atoms with Crippen LogP contribution in [-0.4, -0.2) is 38.8 Å². The van der Waals surface area contributed by atoms with Crippen molar-refractivity contribution in [3.05, 3.63) is 52.0 Å². The van der Waals surface area contributed by atoms with Crippen molar-refractivity contribution in [1.29, 1.82) is 0 Å². The van der Waals surface area contributed by atoms with Crippen molar-refractivity contribution in [2.24, 2.45) is 0 Å². The minimum absolute atomic E-state index is 0.0207. The number of benzene rings is 2. The standard InChI is InChI=1S/C20H23BrN2O3/c1-14-4-3-5-19(15(14)2)26-13-20(24)22-16-6-7-18(17(21)12-16)23-8-10-25-11-9-23/h3-7,12H,8-11,13H2,1-2H3,(H,22,24). The van der Waals surface area contributed by atoms with E-state index in [1.165, 1.54) is 0 Å². The summed E-state index contributed by atoms with van der Waals surface area (Å²) >= 11 is 3.60. The van der Waals surface area contributed by atoms with Gasteiger partial charge in [-0.3, -0.25) is 4.79 Å². The Kier molecular flexibility index (Phi) is 6.16. The first-order valence-corrected chi connectivity index (χ1v) is 9.45. The van der Waals surface area contributed by atoms with Crippen LogP contribution < -0.4 is 15.0 Å². The van der Waals surface area contributed by atoms with E-state index in [2.05, 4.69) is 26.1 Å². The van der Waals surface area contributed by atoms with Gasteiger partial charge in [0.1, 0.15) is 5.75 Å². The lowest BCUT2D eigenvalue weighted by Crippen LogP contribution is -2.36. The molecule has 0 unspecified atom stereocenters. The van der Waals surface area contributed by atoms with Crippen LogP contribution in [-0.2, 0) is 9.53 Å². The average molecular weight is 419 g/mol. The molecule has 1 aliphatic rings. The maximum atomic E-state index is 12.2. The number of carbonyl (C=O) groups excluding carboxylic acids is 1. The first-order valence-electron chi connectivity index (χ1n) is 8.65. The molecular weight excluding hydrogens is 396 g/mol. The Bertz CT molecular complexity index is 789. The number of hydrogen-bond donors (Lipinski definition) is 1. The van der Waals surface area contributed by atoms with Crippen LogP contribution in [0.5, 0.6) is 5.75 Å². The van der Waals surface area contributed by atoms with Gasteiger partial charge >= 0.3 is 0 Å². The zero-order valence-corrected chi connectivity index (χ0v) is 16.6. The Balaban J connectivity index is 1.59. The molecule has 2 aromatic carbocycles. The van der Waals surface area contributed by atoms with Gasteiger partial charge < -0.3 is 19.7 Å². The van der Waals surface area contributed by atoms with Crippen molar-refractivity contribution < 1.29 is 14.3 Å². The Morgan fingerprint density at radius 1 is 1.23 bits per heavy atom. The Morgan fingerprint density at radius 3 is 2.73 bits per heavy atom. The highest BCUT2D eigenvalue weighted by atomic mass is 79.9. The van der Waals surface area contributed by atoms with Gasteiger partial charge in [-0.1, -0.05) is 12.1 Å². The third kappa shape index (κ3) is 4.56. The van der Waals surface area contributed by atoms with Crippen LogP contribution in [0.2, 0.25) is 0 Å². The topological polar surface area (TPSA) is 50.8 Å². The monoisotopic (exact) mass is 418 g/mol. The molecule has 1 amide bonds. The number of anilines is 2. The number of rotatable bonds is 5. The molecule has 6 heteroatoms. The molecule has 1 fully saturated rings. The maximum Gasteiger partial charge on any atom is 0.262 e. The molecule has 0 spiro atoms. The number of aryl methyl sites for hydroxylation is 1. The van der Waals surface area contributed by atoms with E-state index in [1.807, 2.05) is 50.2 Å². The molecular formula is C20H23BrN2O3. The number of hydrogen-bond acceptors (Lipinski definition) is 4. The third-order valence-corrected chi connectivity index (χ3v) is 5.13. The first kappa shape index (κ1) is 18.7. The summed E-state index contributed by atoms with van der Waals surface area (Å²) in [4.78, 5) is 14.5. The van der Waals surface area contributed by atoms with Crippen LogP contribution >= 0.6 is 15.9 Å². The molecule has 0 atom stereocenters. The molecule has 138 valence electrons. The van der Waals surface area contributed by atoms with Crippen LogP contribution in [0.4, 0.5) is 11.4 Å². The molecule has 0 bridgehead atoms. The molecule has 1 N–H and O–H groups in total. The van der Waals surface area contributed by atoms with Crippen molar-refractivity contribution in [2.45, 2.75) is 13.8 Å². The molecule has 1 heterocycles. The zero-order valence-electron chi connectivity index (χ0n) is 15.0. The van der Waals surface area contributed by atoms with Gasteiger partial charge in [0, 0.05) is 23.2 Å². The second kappa shape index (κ2) is 8.56. The first-order chi connectivity index (χ1) is 12.5. The second-order valence-electron chi connectivity index (χ2n) is 6.30. The van der Waals surface area contributed by atoms with Crippen molar-refractivity contribution in [1.82, 2.24) is 0 Å². The molecule has 0 saturated carbocycles. The molecule has 0 aliphatic carbocycles. The quantitative estimate of drug-likeness (QED) is 0.799. The smallest absolute Gasteiger partial charge is 0.262 e. The van der Waals surface area contributed by atoms with Crippen LogP contribution in [0.15, 0.2) is 40.9 Å². The molecule has 26 heavy (non-hydrogen) atoms. The van der Waals surface area contributed by atoms with Gasteiger partial charge in [0.15, 0.2) is 6.61 Å². The SMILES string of the molecule is Cc1cccc(OCC(=O)Nc2ccc(N3CCOCC3)c(Br)c2)c1C. The fraction of sp³-hybridized carbons (Fsp3) is 0.350. The summed E-state index contributed by atoms with van der Waals surface area (Å²) in [6.45, 7) is 7.20. The summed E-state index contributed by atoms with van der Waals surface area (Å²) in [5.74, 6) is 0.556. The lowest BCUT2D eigenvalue weighted by Gasteiger charge is -2.29. The number of ether oxygens (including phenoxy) is 2. The Hall–Kier alpha value is -2.05. The van der Waals surface area contributed by atoms with Crippen LogP contribution in [0.25, 0.3) is 0 Å². The number of carbonyl (C=O) groups is 1. The molecule has 5 nitrogen and oxygen atoms in total. The van der Waals surface area contributed by atoms with E-state index in [0.29, 0.717) is 0 Å². The fourth-order valence-corrected chi connectivity index (χ4v) is 3.50. The van der Waals surface area contributed by atoms with E-state index in [-0.39, 0.29) is 12.5 Å². The van der Waals surface area contributed by atoms with E-state index < -0.39 is 0 Å². The van der Waals surface area contributed by atoms with Crippen LogP contribution in [0.3, 0.4) is 0 Å². The summed E-state index contributed by atoms with van der Waals surface area (Å²) in [6.07, 6.45) is 0. The Labute approximate surface area is 162 Å². The van der Waals surface area contributed by atoms with E-state index in [4.69, 9.17) is 9.47 Å². The maximum absolute atomic E-state index is 12.2. The van der Waals surface area contributed by atoms with Crippen molar-refractivity contribution in [3.8, 4) is 5.75 Å². The van der Waals surface area contributed by atoms with Gasteiger partial charge in [0.2, 0.25) is 0 Å². The summed E-state index contributed by atoms with van der Waals surface area (Å²) in [5, 5.41) is 2.88. The summed E-state index contributed by atoms with van der Waals surface area (Å²) in [5.41, 5.74) is 4.05. The van der Waals surface area contributed by atoms with E-state index >= 15 is 0 Å². The lowest BCUT2D eigenvalue weighted by atomic mass is 10.1. The van der Waals surface area contributed by atoms with Crippen LogP contribution in [0, 0.1) is 13.8 Å². The largest absolute Gasteiger partial charge is 0.483 e. The molecule has 0 aromatic heterocycles. The predicted octanol–water partition coefficient (Wildman–Crippen LogP) is 3.92. The molecule has 1 aliphatic heterocycles. The number of nitrogens with zero attached hydrogens (tertiary/aromatic N) is 1. The second-order valence-corrected chi connectivity index (χ2v) is 7.15. The van der Waals surface area contributed by atoms with E-state index in [0.717, 1.165) is 59.0 Å². The normalized spacial score (nSPS) is 14.2. The fourth-order valence-electron chi connectivity index (χ4n) is 2.87. The van der Waals surface area contributed by atoms with Crippen molar-refractivity contribution in [2.75, 3.05) is 43.1 Å². The minimum Gasteiger partial charge on any atom is -0.483 e. The van der Waals surface area contributed by atoms with Gasteiger partial charge in [-0.05, 0) is 65.2 Å². The van der Waals surface area contributed by atoms with Gasteiger partial charge in [-0.25, -0.2) is 0 Å². The zero-order chi connectivity index (χ0) is 18.5. The third-order valence-electron chi connectivity index (χ3n) is 4.50. The highest BCUT2D eigenvalue weighted by molar-refractivity contribution is 9.10. The molecule has 0 radical (unpaired) electrons. The van der Waals surface area contributed by atoms with Crippen molar-refractivity contribution >= 4 is 33.2 Å². The van der Waals surface area contributed by atoms with Crippen LogP contribution in [0.1, 0.15) is 11.1 Å². The summed E-state index contributed by atoms with van der Waals surface area (Å²) in [7, 11) is 0. The van der Waals surface area contributed by atoms with Crippen molar-refractivity contribution in [3.63, 3.8) is 0 Å². The van der Waals surface area contributed by atoms with Gasteiger partial charge in [0.05, 0.1) is 18.9 Å².